The smallest absolute Gasteiger partial charge is 0.243 e. The van der Waals surface area contributed by atoms with E-state index >= 15 is 0 Å². The minimum atomic E-state index is -3.54. The summed E-state index contributed by atoms with van der Waals surface area (Å²) in [5, 5.41) is 3.13. The van der Waals surface area contributed by atoms with E-state index in [-0.39, 0.29) is 29.7 Å². The number of nitrogens with one attached hydrogen (secondary N) is 1. The predicted molar refractivity (Wildman–Crippen MR) is 120 cm³/mol. The third-order valence-electron chi connectivity index (χ3n) is 6.42. The molecule has 2 fully saturated rings. The van der Waals surface area contributed by atoms with E-state index in [1.54, 1.807) is 6.07 Å². The lowest BCUT2D eigenvalue weighted by Gasteiger charge is -2.35. The quantitative estimate of drug-likeness (QED) is 0.748. The van der Waals surface area contributed by atoms with Crippen LogP contribution in [0.1, 0.15) is 50.7 Å². The van der Waals surface area contributed by atoms with Crippen molar-refractivity contribution >= 4 is 21.8 Å². The number of rotatable bonds is 5. The van der Waals surface area contributed by atoms with Crippen LogP contribution < -0.4 is 5.32 Å². The van der Waals surface area contributed by atoms with E-state index < -0.39 is 10.0 Å². The molecule has 0 atom stereocenters. The number of nitrogens with zero attached hydrogens (tertiary/aromatic N) is 2. The molecule has 7 nitrogen and oxygen atoms in total. The standard InChI is InChI=1S/C23H35N3O4S/c1-16(2)23(28)25-11-9-20(10-12-25)24-22(27)19-7-13-26(14-8-19)31(29,30)21-6-5-17(3)15-18(21)4/h5-6,15-16,19-20H,7-14H2,1-4H3,(H,24,27). The van der Waals surface area contributed by atoms with Crippen molar-refractivity contribution in [1.29, 1.82) is 0 Å². The van der Waals surface area contributed by atoms with Crippen molar-refractivity contribution in [1.82, 2.24) is 14.5 Å². The van der Waals surface area contributed by atoms with Gasteiger partial charge in [0.05, 0.1) is 4.90 Å². The number of sulfonamides is 1. The fraction of sp³-hybridized carbons (Fsp3) is 0.652. The second-order valence-electron chi connectivity index (χ2n) is 9.21. The normalized spacial score (nSPS) is 19.6. The summed E-state index contributed by atoms with van der Waals surface area (Å²) >= 11 is 0. The summed E-state index contributed by atoms with van der Waals surface area (Å²) in [6.07, 6.45) is 2.59. The number of aryl methyl sites for hydroxylation is 2. The van der Waals surface area contributed by atoms with Gasteiger partial charge in [0.1, 0.15) is 0 Å². The third-order valence-corrected chi connectivity index (χ3v) is 8.48. The van der Waals surface area contributed by atoms with E-state index in [9.17, 15) is 18.0 Å². The number of carbonyl (C=O) groups excluding carboxylic acids is 2. The van der Waals surface area contributed by atoms with E-state index in [1.807, 2.05) is 44.7 Å². The van der Waals surface area contributed by atoms with Gasteiger partial charge in [-0.05, 0) is 51.2 Å². The molecule has 3 rings (SSSR count). The summed E-state index contributed by atoms with van der Waals surface area (Å²) in [6.45, 7) is 9.64. The van der Waals surface area contributed by atoms with Crippen LogP contribution in [0.25, 0.3) is 0 Å². The third kappa shape index (κ3) is 5.47. The van der Waals surface area contributed by atoms with Gasteiger partial charge in [-0.2, -0.15) is 4.31 Å². The maximum absolute atomic E-state index is 13.0. The molecule has 2 heterocycles. The van der Waals surface area contributed by atoms with Crippen molar-refractivity contribution in [2.45, 2.75) is 64.3 Å². The molecular formula is C23H35N3O4S. The number of hydrogen-bond acceptors (Lipinski definition) is 4. The highest BCUT2D eigenvalue weighted by molar-refractivity contribution is 7.89. The molecule has 0 aliphatic carbocycles. The molecule has 2 amide bonds. The Hall–Kier alpha value is -1.93. The molecule has 1 aromatic rings. The van der Waals surface area contributed by atoms with Gasteiger partial charge < -0.3 is 10.2 Å². The monoisotopic (exact) mass is 449 g/mol. The summed E-state index contributed by atoms with van der Waals surface area (Å²) in [4.78, 5) is 27.1. The lowest BCUT2D eigenvalue weighted by Crippen LogP contribution is -2.50. The zero-order valence-electron chi connectivity index (χ0n) is 19.1. The van der Waals surface area contributed by atoms with Gasteiger partial charge in [-0.3, -0.25) is 9.59 Å². The highest BCUT2D eigenvalue weighted by atomic mass is 32.2. The highest BCUT2D eigenvalue weighted by Gasteiger charge is 2.34. The number of amides is 2. The lowest BCUT2D eigenvalue weighted by atomic mass is 9.95. The average Bonchev–Trinajstić information content (AvgIpc) is 2.73. The van der Waals surface area contributed by atoms with Gasteiger partial charge in [0.25, 0.3) is 0 Å². The zero-order chi connectivity index (χ0) is 22.8. The van der Waals surface area contributed by atoms with Crippen LogP contribution in [0.3, 0.4) is 0 Å². The summed E-state index contributed by atoms with van der Waals surface area (Å²) in [7, 11) is -3.54. The van der Waals surface area contributed by atoms with Crippen LogP contribution in [-0.2, 0) is 19.6 Å². The molecular weight excluding hydrogens is 414 g/mol. The van der Waals surface area contributed by atoms with Gasteiger partial charge in [-0.25, -0.2) is 8.42 Å². The topological polar surface area (TPSA) is 86.8 Å². The molecule has 2 aliphatic rings. The molecule has 0 saturated carbocycles. The first kappa shape index (κ1) is 23.7. The van der Waals surface area contributed by atoms with Crippen molar-refractivity contribution in [3.63, 3.8) is 0 Å². The van der Waals surface area contributed by atoms with E-state index in [1.165, 1.54) is 4.31 Å². The number of likely N-dealkylation sites (tertiary alicyclic amines) is 1. The Morgan fingerprint density at radius 3 is 2.16 bits per heavy atom. The SMILES string of the molecule is Cc1ccc(S(=O)(=O)N2CCC(C(=O)NC3CCN(C(=O)C(C)C)CC3)CC2)c(C)c1. The van der Waals surface area contributed by atoms with Crippen molar-refractivity contribution < 1.29 is 18.0 Å². The Morgan fingerprint density at radius 2 is 1.61 bits per heavy atom. The molecule has 0 bridgehead atoms. The molecule has 1 aromatic carbocycles. The van der Waals surface area contributed by atoms with Gasteiger partial charge in [0.15, 0.2) is 0 Å². The molecule has 8 heteroatoms. The Morgan fingerprint density at radius 1 is 1.00 bits per heavy atom. The van der Waals surface area contributed by atoms with Crippen LogP contribution in [0.15, 0.2) is 23.1 Å². The zero-order valence-corrected chi connectivity index (χ0v) is 19.9. The molecule has 1 N–H and O–H groups in total. The van der Waals surface area contributed by atoms with Gasteiger partial charge in [0, 0.05) is 44.1 Å². The summed E-state index contributed by atoms with van der Waals surface area (Å²) < 4.78 is 27.6. The van der Waals surface area contributed by atoms with Gasteiger partial charge in [-0.15, -0.1) is 0 Å². The summed E-state index contributed by atoms with van der Waals surface area (Å²) in [5.74, 6) is 0.0107. The van der Waals surface area contributed by atoms with Crippen LogP contribution in [0.5, 0.6) is 0 Å². The maximum Gasteiger partial charge on any atom is 0.243 e. The molecule has 0 unspecified atom stereocenters. The summed E-state index contributed by atoms with van der Waals surface area (Å²) in [6, 6.07) is 5.46. The first-order chi connectivity index (χ1) is 14.6. The first-order valence-corrected chi connectivity index (χ1v) is 12.7. The first-order valence-electron chi connectivity index (χ1n) is 11.3. The molecule has 31 heavy (non-hydrogen) atoms. The van der Waals surface area contributed by atoms with Crippen molar-refractivity contribution in [3.8, 4) is 0 Å². The van der Waals surface area contributed by atoms with Gasteiger partial charge >= 0.3 is 0 Å². The molecule has 0 aromatic heterocycles. The maximum atomic E-state index is 13.0. The van der Waals surface area contributed by atoms with Crippen LogP contribution in [-0.4, -0.2) is 61.7 Å². The second-order valence-corrected chi connectivity index (χ2v) is 11.1. The number of hydrogen-bond donors (Lipinski definition) is 1. The molecule has 2 saturated heterocycles. The van der Waals surface area contributed by atoms with Crippen LogP contribution in [0.4, 0.5) is 0 Å². The molecule has 0 radical (unpaired) electrons. The Labute approximate surface area is 186 Å². The Kier molecular flexibility index (Phi) is 7.42. The molecule has 172 valence electrons. The predicted octanol–water partition coefficient (Wildman–Crippen LogP) is 2.47. The Bertz CT molecular complexity index is 913. The van der Waals surface area contributed by atoms with Gasteiger partial charge in [-0.1, -0.05) is 31.5 Å². The van der Waals surface area contributed by atoms with Crippen molar-refractivity contribution in [2.24, 2.45) is 11.8 Å². The fourth-order valence-corrected chi connectivity index (χ4v) is 6.19. The number of piperidine rings is 2. The van der Waals surface area contributed by atoms with Crippen LogP contribution in [0.2, 0.25) is 0 Å². The average molecular weight is 450 g/mol. The lowest BCUT2D eigenvalue weighted by molar-refractivity contribution is -0.135. The largest absolute Gasteiger partial charge is 0.353 e. The number of carbonyl (C=O) groups is 2. The molecule has 2 aliphatic heterocycles. The van der Waals surface area contributed by atoms with E-state index in [0.717, 1.165) is 24.0 Å². The van der Waals surface area contributed by atoms with E-state index in [2.05, 4.69) is 5.32 Å². The second kappa shape index (κ2) is 9.69. The minimum absolute atomic E-state index is 0.00342. The Balaban J connectivity index is 1.50. The minimum Gasteiger partial charge on any atom is -0.353 e. The van der Waals surface area contributed by atoms with Crippen molar-refractivity contribution in [2.75, 3.05) is 26.2 Å². The van der Waals surface area contributed by atoms with Gasteiger partial charge in [0.2, 0.25) is 21.8 Å². The van der Waals surface area contributed by atoms with Crippen molar-refractivity contribution in [3.05, 3.63) is 29.3 Å². The highest BCUT2D eigenvalue weighted by Crippen LogP contribution is 2.26. The van der Waals surface area contributed by atoms with E-state index in [4.69, 9.17) is 0 Å². The number of benzene rings is 1. The summed E-state index contributed by atoms with van der Waals surface area (Å²) in [5.41, 5.74) is 1.79. The van der Waals surface area contributed by atoms with E-state index in [0.29, 0.717) is 43.9 Å². The molecule has 0 spiro atoms. The van der Waals surface area contributed by atoms with Crippen LogP contribution >= 0.6 is 0 Å². The van der Waals surface area contributed by atoms with Crippen LogP contribution in [0, 0.1) is 25.7 Å². The fourth-order valence-electron chi connectivity index (χ4n) is 4.51.